The molecule has 0 aromatic heterocycles. The first-order valence-corrected chi connectivity index (χ1v) is 11.1. The first kappa shape index (κ1) is 22.4. The van der Waals surface area contributed by atoms with Crippen molar-refractivity contribution in [2.75, 3.05) is 16.9 Å². The zero-order valence-corrected chi connectivity index (χ0v) is 18.2. The molecule has 2 N–H and O–H groups in total. The van der Waals surface area contributed by atoms with Crippen molar-refractivity contribution in [1.82, 2.24) is 10.2 Å². The quantitative estimate of drug-likeness (QED) is 0.725. The number of hydrogen-bond acceptors (Lipinski definition) is 5. The van der Waals surface area contributed by atoms with Gasteiger partial charge in [-0.05, 0) is 42.3 Å². The number of rotatable bonds is 6. The van der Waals surface area contributed by atoms with Crippen LogP contribution in [0.15, 0.2) is 54.6 Å². The Morgan fingerprint density at radius 2 is 1.77 bits per heavy atom. The van der Waals surface area contributed by atoms with Crippen LogP contribution in [-0.4, -0.2) is 46.3 Å². The lowest BCUT2D eigenvalue weighted by atomic mass is 10.0. The number of nitrogens with one attached hydrogen (secondary N) is 2. The van der Waals surface area contributed by atoms with E-state index >= 15 is 0 Å². The monoisotopic (exact) mass is 436 g/mol. The summed E-state index contributed by atoms with van der Waals surface area (Å²) in [6.07, 6.45) is 0. The molecule has 2 unspecified atom stereocenters. The van der Waals surface area contributed by atoms with E-state index in [-0.39, 0.29) is 23.6 Å². The number of anilines is 1. The molecule has 0 radical (unpaired) electrons. The third-order valence-electron chi connectivity index (χ3n) is 5.00. The highest BCUT2D eigenvalue weighted by atomic mass is 32.2. The first-order valence-electron chi connectivity index (χ1n) is 9.96. The van der Waals surface area contributed by atoms with E-state index in [1.807, 2.05) is 26.0 Å². The predicted octanol–water partition coefficient (Wildman–Crippen LogP) is 2.85. The molecule has 1 heterocycles. The average Bonchev–Trinajstić information content (AvgIpc) is 3.28. The molecule has 31 heavy (non-hydrogen) atoms. The summed E-state index contributed by atoms with van der Waals surface area (Å²) in [5, 5.41) is 14.5. The van der Waals surface area contributed by atoms with E-state index in [1.54, 1.807) is 48.5 Å². The maximum atomic E-state index is 13.3. The molecule has 1 saturated heterocycles. The number of hydrogen-bond donors (Lipinski definition) is 2. The van der Waals surface area contributed by atoms with E-state index in [0.717, 1.165) is 0 Å². The molecule has 0 bridgehead atoms. The van der Waals surface area contributed by atoms with Crippen molar-refractivity contribution in [2.24, 2.45) is 5.92 Å². The molecule has 0 saturated carbocycles. The van der Waals surface area contributed by atoms with Crippen LogP contribution in [0.1, 0.15) is 29.8 Å². The molecule has 2 atom stereocenters. The summed E-state index contributed by atoms with van der Waals surface area (Å²) in [5.41, 5.74) is 1.54. The minimum Gasteiger partial charge on any atom is -0.340 e. The third-order valence-corrected chi connectivity index (χ3v) is 6.02. The van der Waals surface area contributed by atoms with Gasteiger partial charge in [0.05, 0.1) is 17.5 Å². The molecular formula is C23H24N4O3S. The molecule has 8 heteroatoms. The summed E-state index contributed by atoms with van der Waals surface area (Å²) in [4.78, 5) is 40.3. The van der Waals surface area contributed by atoms with Crippen LogP contribution in [0.25, 0.3) is 0 Å². The first-order chi connectivity index (χ1) is 14.9. The summed E-state index contributed by atoms with van der Waals surface area (Å²) in [6.45, 7) is 3.73. The number of thioether (sulfide) groups is 1. The Labute approximate surface area is 185 Å². The molecule has 2 aromatic rings. The summed E-state index contributed by atoms with van der Waals surface area (Å²) in [6, 6.07) is 15.9. The van der Waals surface area contributed by atoms with Crippen molar-refractivity contribution in [2.45, 2.75) is 25.9 Å². The van der Waals surface area contributed by atoms with E-state index in [2.05, 4.69) is 10.6 Å². The standard InChI is InChI=1S/C23H24N4O3S/c1-15(2)20(26-21(28)17-6-4-3-5-7-17)23(30)27-14-31-13-19(27)22(29)25-18-10-8-16(12-24)9-11-18/h3-11,15,19-20H,13-14H2,1-2H3,(H,25,29)(H,26,28). The van der Waals surface area contributed by atoms with Crippen LogP contribution in [0.3, 0.4) is 0 Å². The van der Waals surface area contributed by atoms with Gasteiger partial charge in [0.25, 0.3) is 5.91 Å². The highest BCUT2D eigenvalue weighted by molar-refractivity contribution is 7.99. The van der Waals surface area contributed by atoms with Crippen molar-refractivity contribution < 1.29 is 14.4 Å². The zero-order chi connectivity index (χ0) is 22.4. The number of nitrogens with zero attached hydrogens (tertiary/aromatic N) is 2. The second kappa shape index (κ2) is 10.1. The lowest BCUT2D eigenvalue weighted by molar-refractivity contribution is -0.138. The fraction of sp³-hybridized carbons (Fsp3) is 0.304. The zero-order valence-electron chi connectivity index (χ0n) is 17.4. The molecule has 2 aromatic carbocycles. The number of carbonyl (C=O) groups is 3. The van der Waals surface area contributed by atoms with Gasteiger partial charge >= 0.3 is 0 Å². The lowest BCUT2D eigenvalue weighted by Crippen LogP contribution is -2.54. The molecule has 1 aliphatic heterocycles. The van der Waals surface area contributed by atoms with Crippen LogP contribution < -0.4 is 10.6 Å². The van der Waals surface area contributed by atoms with Gasteiger partial charge in [0.2, 0.25) is 11.8 Å². The van der Waals surface area contributed by atoms with Crippen molar-refractivity contribution in [3.05, 3.63) is 65.7 Å². The Balaban J connectivity index is 1.70. The van der Waals surface area contributed by atoms with Crippen molar-refractivity contribution in [3.63, 3.8) is 0 Å². The smallest absolute Gasteiger partial charge is 0.251 e. The third kappa shape index (κ3) is 5.44. The van der Waals surface area contributed by atoms with Gasteiger partial charge in [-0.25, -0.2) is 0 Å². The second-order valence-corrected chi connectivity index (χ2v) is 8.56. The van der Waals surface area contributed by atoms with Crippen LogP contribution in [-0.2, 0) is 9.59 Å². The molecule has 3 amide bonds. The van der Waals surface area contributed by atoms with Gasteiger partial charge < -0.3 is 15.5 Å². The van der Waals surface area contributed by atoms with Crippen molar-refractivity contribution in [1.29, 1.82) is 5.26 Å². The molecule has 0 aliphatic carbocycles. The number of amides is 3. The molecule has 1 aliphatic rings. The fourth-order valence-electron chi connectivity index (χ4n) is 3.24. The summed E-state index contributed by atoms with van der Waals surface area (Å²) >= 11 is 1.50. The Kier molecular flexibility index (Phi) is 7.32. The maximum Gasteiger partial charge on any atom is 0.251 e. The summed E-state index contributed by atoms with van der Waals surface area (Å²) in [7, 11) is 0. The van der Waals surface area contributed by atoms with Crippen LogP contribution in [0, 0.1) is 17.2 Å². The largest absolute Gasteiger partial charge is 0.340 e. The number of nitriles is 1. The molecule has 0 spiro atoms. The van der Waals surface area contributed by atoms with Gasteiger partial charge in [0, 0.05) is 17.0 Å². The van der Waals surface area contributed by atoms with Crippen LogP contribution in [0.2, 0.25) is 0 Å². The predicted molar refractivity (Wildman–Crippen MR) is 120 cm³/mol. The van der Waals surface area contributed by atoms with Crippen LogP contribution in [0.5, 0.6) is 0 Å². The van der Waals surface area contributed by atoms with Gasteiger partial charge in [-0.2, -0.15) is 5.26 Å². The Hall–Kier alpha value is -3.31. The summed E-state index contributed by atoms with van der Waals surface area (Å²) in [5.74, 6) is -0.171. The minimum atomic E-state index is -0.739. The number of benzene rings is 2. The Morgan fingerprint density at radius 1 is 1.10 bits per heavy atom. The lowest BCUT2D eigenvalue weighted by Gasteiger charge is -2.30. The minimum absolute atomic E-state index is 0.145. The highest BCUT2D eigenvalue weighted by Crippen LogP contribution is 2.24. The molecule has 1 fully saturated rings. The number of carbonyl (C=O) groups excluding carboxylic acids is 3. The molecule has 160 valence electrons. The normalized spacial score (nSPS) is 16.5. The molecule has 3 rings (SSSR count). The summed E-state index contributed by atoms with van der Waals surface area (Å²) < 4.78 is 0. The average molecular weight is 437 g/mol. The highest BCUT2D eigenvalue weighted by Gasteiger charge is 2.39. The van der Waals surface area contributed by atoms with E-state index in [4.69, 9.17) is 5.26 Å². The van der Waals surface area contributed by atoms with Gasteiger partial charge in [0.15, 0.2) is 0 Å². The fourth-order valence-corrected chi connectivity index (χ4v) is 4.40. The van der Waals surface area contributed by atoms with Crippen molar-refractivity contribution in [3.8, 4) is 6.07 Å². The van der Waals surface area contributed by atoms with E-state index in [0.29, 0.717) is 28.4 Å². The molecule has 7 nitrogen and oxygen atoms in total. The Morgan fingerprint density at radius 3 is 2.39 bits per heavy atom. The maximum absolute atomic E-state index is 13.3. The van der Waals surface area contributed by atoms with Gasteiger partial charge in [-0.3, -0.25) is 14.4 Å². The van der Waals surface area contributed by atoms with Gasteiger partial charge in [0.1, 0.15) is 12.1 Å². The van der Waals surface area contributed by atoms with E-state index in [9.17, 15) is 14.4 Å². The van der Waals surface area contributed by atoms with Crippen LogP contribution in [0.4, 0.5) is 5.69 Å². The molecular weight excluding hydrogens is 412 g/mol. The topological polar surface area (TPSA) is 102 Å². The van der Waals surface area contributed by atoms with Crippen LogP contribution >= 0.6 is 11.8 Å². The van der Waals surface area contributed by atoms with Gasteiger partial charge in [-0.1, -0.05) is 32.0 Å². The van der Waals surface area contributed by atoms with Gasteiger partial charge in [-0.15, -0.1) is 11.8 Å². The van der Waals surface area contributed by atoms with E-state index < -0.39 is 12.1 Å². The Bertz CT molecular complexity index is 986. The SMILES string of the molecule is CC(C)C(NC(=O)c1ccccc1)C(=O)N1CSCC1C(=O)Nc1ccc(C#N)cc1. The van der Waals surface area contributed by atoms with E-state index in [1.165, 1.54) is 16.7 Å². The van der Waals surface area contributed by atoms with Crippen molar-refractivity contribution >= 4 is 35.2 Å². The second-order valence-electron chi connectivity index (χ2n) is 7.56.